The molecule has 1 atom stereocenters. The molecule has 1 aliphatic rings. The SMILES string of the molecule is COc1ccc(-c2ccc(/C=C3/SC(=S)N(C(C)C(=O)O)C3=O)o2)cc1. The van der Waals surface area contributed by atoms with Gasteiger partial charge in [0.15, 0.2) is 0 Å². The molecule has 0 radical (unpaired) electrons. The summed E-state index contributed by atoms with van der Waals surface area (Å²) < 4.78 is 11.1. The maximum Gasteiger partial charge on any atom is 0.326 e. The van der Waals surface area contributed by atoms with E-state index < -0.39 is 17.9 Å². The van der Waals surface area contributed by atoms with Crippen LogP contribution in [0.25, 0.3) is 17.4 Å². The van der Waals surface area contributed by atoms with E-state index >= 15 is 0 Å². The number of carboxylic acid groups (broad SMARTS) is 1. The molecule has 0 saturated carbocycles. The van der Waals surface area contributed by atoms with E-state index in [-0.39, 0.29) is 4.32 Å². The zero-order valence-corrected chi connectivity index (χ0v) is 15.6. The average Bonchev–Trinajstić information content (AvgIpc) is 3.19. The first-order valence-corrected chi connectivity index (χ1v) is 8.87. The minimum Gasteiger partial charge on any atom is -0.497 e. The summed E-state index contributed by atoms with van der Waals surface area (Å²) in [4.78, 5) is 25.0. The lowest BCUT2D eigenvalue weighted by atomic mass is 10.2. The van der Waals surface area contributed by atoms with Crippen LogP contribution in [0.4, 0.5) is 0 Å². The summed E-state index contributed by atoms with van der Waals surface area (Å²) in [7, 11) is 1.60. The molecule has 3 rings (SSSR count). The van der Waals surface area contributed by atoms with Gasteiger partial charge in [0.2, 0.25) is 0 Å². The van der Waals surface area contributed by atoms with E-state index in [9.17, 15) is 9.59 Å². The van der Waals surface area contributed by atoms with Crippen LogP contribution in [0, 0.1) is 0 Å². The van der Waals surface area contributed by atoms with E-state index in [0.29, 0.717) is 16.4 Å². The number of ether oxygens (including phenoxy) is 1. The molecule has 26 heavy (non-hydrogen) atoms. The smallest absolute Gasteiger partial charge is 0.326 e. The molecule has 6 nitrogen and oxygen atoms in total. The van der Waals surface area contributed by atoms with Crippen molar-refractivity contribution in [1.82, 2.24) is 4.90 Å². The Bertz CT molecular complexity index is 901. The molecule has 134 valence electrons. The van der Waals surface area contributed by atoms with Gasteiger partial charge in [0.25, 0.3) is 5.91 Å². The zero-order chi connectivity index (χ0) is 18.8. The van der Waals surface area contributed by atoms with Crippen LogP contribution in [-0.2, 0) is 9.59 Å². The van der Waals surface area contributed by atoms with Gasteiger partial charge < -0.3 is 14.3 Å². The van der Waals surface area contributed by atoms with Crippen LogP contribution in [0.2, 0.25) is 0 Å². The van der Waals surface area contributed by atoms with E-state index in [1.165, 1.54) is 6.92 Å². The van der Waals surface area contributed by atoms with Crippen molar-refractivity contribution in [3.63, 3.8) is 0 Å². The summed E-state index contributed by atoms with van der Waals surface area (Å²) in [6.45, 7) is 1.42. The summed E-state index contributed by atoms with van der Waals surface area (Å²) >= 11 is 6.19. The predicted molar refractivity (Wildman–Crippen MR) is 103 cm³/mol. The van der Waals surface area contributed by atoms with Crippen molar-refractivity contribution < 1.29 is 23.8 Å². The van der Waals surface area contributed by atoms with Crippen molar-refractivity contribution in [3.8, 4) is 17.1 Å². The Kier molecular flexibility index (Phi) is 5.15. The molecule has 1 fully saturated rings. The van der Waals surface area contributed by atoms with Crippen LogP contribution in [0.1, 0.15) is 12.7 Å². The van der Waals surface area contributed by atoms with Gasteiger partial charge in [-0.1, -0.05) is 24.0 Å². The summed E-state index contributed by atoms with van der Waals surface area (Å²) in [5, 5.41) is 9.11. The number of furan rings is 1. The molecular formula is C18H15NO5S2. The van der Waals surface area contributed by atoms with Gasteiger partial charge in [0.1, 0.15) is 27.6 Å². The maximum atomic E-state index is 12.4. The van der Waals surface area contributed by atoms with Crippen LogP contribution in [0.5, 0.6) is 5.75 Å². The van der Waals surface area contributed by atoms with Gasteiger partial charge in [-0.3, -0.25) is 9.69 Å². The standard InChI is InChI=1S/C18H15NO5S2/c1-10(17(21)22)19-16(20)15(26-18(19)25)9-13-7-8-14(24-13)11-3-5-12(23-2)6-4-11/h3-10H,1-2H3,(H,21,22)/b15-9+. The molecule has 2 heterocycles. The average molecular weight is 389 g/mol. The van der Waals surface area contributed by atoms with Gasteiger partial charge in [0.05, 0.1) is 12.0 Å². The minimum absolute atomic E-state index is 0.220. The summed E-state index contributed by atoms with van der Waals surface area (Å²) in [6, 6.07) is 9.93. The summed E-state index contributed by atoms with van der Waals surface area (Å²) in [5.41, 5.74) is 0.873. The number of nitrogens with zero attached hydrogens (tertiary/aromatic N) is 1. The highest BCUT2D eigenvalue weighted by atomic mass is 32.2. The Morgan fingerprint density at radius 3 is 2.62 bits per heavy atom. The van der Waals surface area contributed by atoms with Crippen molar-refractivity contribution in [2.24, 2.45) is 0 Å². The Morgan fingerprint density at radius 2 is 2.00 bits per heavy atom. The number of amides is 1. The van der Waals surface area contributed by atoms with Gasteiger partial charge in [-0.15, -0.1) is 0 Å². The highest BCUT2D eigenvalue weighted by Crippen LogP contribution is 2.35. The van der Waals surface area contributed by atoms with Crippen molar-refractivity contribution in [3.05, 3.63) is 47.1 Å². The number of hydrogen-bond acceptors (Lipinski definition) is 6. The van der Waals surface area contributed by atoms with E-state index in [4.69, 9.17) is 26.5 Å². The van der Waals surface area contributed by atoms with Gasteiger partial charge in [-0.2, -0.15) is 0 Å². The lowest BCUT2D eigenvalue weighted by molar-refractivity contribution is -0.144. The van der Waals surface area contributed by atoms with Crippen molar-refractivity contribution in [2.75, 3.05) is 7.11 Å². The second-order valence-corrected chi connectivity index (χ2v) is 7.17. The first kappa shape index (κ1) is 18.2. The molecule has 0 bridgehead atoms. The molecule has 1 saturated heterocycles. The second kappa shape index (κ2) is 7.35. The third kappa shape index (κ3) is 3.51. The molecule has 1 N–H and O–H groups in total. The van der Waals surface area contributed by atoms with E-state index in [2.05, 4.69) is 0 Å². The molecular weight excluding hydrogens is 374 g/mol. The maximum absolute atomic E-state index is 12.4. The van der Waals surface area contributed by atoms with Crippen molar-refractivity contribution in [2.45, 2.75) is 13.0 Å². The fourth-order valence-corrected chi connectivity index (χ4v) is 3.79. The molecule has 1 aromatic carbocycles. The number of thiocarbonyl (C=S) groups is 1. The number of benzene rings is 1. The molecule has 1 unspecified atom stereocenters. The lowest BCUT2D eigenvalue weighted by Gasteiger charge is -2.18. The monoisotopic (exact) mass is 389 g/mol. The third-order valence-corrected chi connectivity index (χ3v) is 5.17. The largest absolute Gasteiger partial charge is 0.497 e. The van der Waals surface area contributed by atoms with Gasteiger partial charge in [0, 0.05) is 11.6 Å². The first-order valence-electron chi connectivity index (χ1n) is 7.65. The number of hydrogen-bond donors (Lipinski definition) is 1. The summed E-state index contributed by atoms with van der Waals surface area (Å²) in [6.07, 6.45) is 1.57. The predicted octanol–water partition coefficient (Wildman–Crippen LogP) is 3.63. The number of aliphatic carboxylic acids is 1. The number of carboxylic acids is 1. The van der Waals surface area contributed by atoms with Crippen LogP contribution in [0.3, 0.4) is 0 Å². The van der Waals surface area contributed by atoms with Crippen molar-refractivity contribution >= 4 is 46.3 Å². The van der Waals surface area contributed by atoms with E-state index in [0.717, 1.165) is 28.0 Å². The zero-order valence-electron chi connectivity index (χ0n) is 14.0. The van der Waals surface area contributed by atoms with Gasteiger partial charge >= 0.3 is 5.97 Å². The van der Waals surface area contributed by atoms with Crippen LogP contribution in [0.15, 0.2) is 45.7 Å². The van der Waals surface area contributed by atoms with Gasteiger partial charge in [-0.25, -0.2) is 4.79 Å². The molecule has 0 aliphatic carbocycles. The van der Waals surface area contributed by atoms with Crippen LogP contribution in [-0.4, -0.2) is 39.4 Å². The molecule has 2 aromatic rings. The topological polar surface area (TPSA) is 80.0 Å². The Hall–Kier alpha value is -2.58. The van der Waals surface area contributed by atoms with Crippen LogP contribution >= 0.6 is 24.0 Å². The molecule has 1 amide bonds. The third-order valence-electron chi connectivity index (χ3n) is 3.84. The number of carbonyl (C=O) groups excluding carboxylic acids is 1. The fraction of sp³-hybridized carbons (Fsp3) is 0.167. The molecule has 1 aromatic heterocycles. The number of rotatable bonds is 5. The van der Waals surface area contributed by atoms with Crippen molar-refractivity contribution in [1.29, 1.82) is 0 Å². The molecule has 1 aliphatic heterocycles. The van der Waals surface area contributed by atoms with Crippen LogP contribution < -0.4 is 4.74 Å². The highest BCUT2D eigenvalue weighted by Gasteiger charge is 2.38. The summed E-state index contributed by atoms with van der Waals surface area (Å²) in [5.74, 6) is 0.337. The van der Waals surface area contributed by atoms with E-state index in [1.807, 2.05) is 24.3 Å². The second-order valence-electron chi connectivity index (χ2n) is 5.50. The fourth-order valence-electron chi connectivity index (χ4n) is 2.39. The first-order chi connectivity index (χ1) is 12.4. The highest BCUT2D eigenvalue weighted by molar-refractivity contribution is 8.26. The number of carbonyl (C=O) groups is 2. The quantitative estimate of drug-likeness (QED) is 0.618. The number of methoxy groups -OCH3 is 1. The lowest BCUT2D eigenvalue weighted by Crippen LogP contribution is -2.41. The minimum atomic E-state index is -1.11. The Labute approximate surface area is 159 Å². The molecule has 0 spiro atoms. The normalized spacial score (nSPS) is 17.0. The molecule has 8 heteroatoms. The van der Waals surface area contributed by atoms with E-state index in [1.54, 1.807) is 25.3 Å². The number of thioether (sulfide) groups is 1. The van der Waals surface area contributed by atoms with Gasteiger partial charge in [-0.05, 0) is 43.3 Å². The Morgan fingerprint density at radius 1 is 1.31 bits per heavy atom. The Balaban J connectivity index is 1.82.